The van der Waals surface area contributed by atoms with E-state index in [4.69, 9.17) is 5.11 Å². The molecule has 0 unspecified atom stereocenters. The Balaban J connectivity index is 2.93. The van der Waals surface area contributed by atoms with Gasteiger partial charge in [-0.3, -0.25) is 0 Å². The van der Waals surface area contributed by atoms with Crippen LogP contribution in [0.15, 0.2) is 18.2 Å². The third-order valence-corrected chi connectivity index (χ3v) is 1.79. The van der Waals surface area contributed by atoms with E-state index in [1.165, 1.54) is 6.08 Å². The summed E-state index contributed by atoms with van der Waals surface area (Å²) in [5.74, 6) is -1.48. The van der Waals surface area contributed by atoms with E-state index in [0.29, 0.717) is 0 Å². The maximum absolute atomic E-state index is 11.0. The van der Waals surface area contributed by atoms with Crippen LogP contribution in [-0.4, -0.2) is 27.9 Å². The number of esters is 1. The lowest BCUT2D eigenvalue weighted by atomic mass is 10.1. The molecule has 1 aromatic rings. The van der Waals surface area contributed by atoms with Crippen molar-refractivity contribution in [3.8, 4) is 17.2 Å². The number of phenols is 3. The number of carbonyl (C=O) groups is 1. The van der Waals surface area contributed by atoms with Crippen LogP contribution >= 0.6 is 0 Å². The van der Waals surface area contributed by atoms with E-state index in [0.717, 1.165) is 18.2 Å². The van der Waals surface area contributed by atoms with Crippen LogP contribution in [0.25, 0.3) is 6.08 Å². The number of carbonyl (C=O) groups excluding carboxylic acids is 1. The van der Waals surface area contributed by atoms with Crippen LogP contribution in [0.1, 0.15) is 12.5 Å². The van der Waals surface area contributed by atoms with Gasteiger partial charge in [0.1, 0.15) is 17.2 Å². The number of hydrogen-bond donors (Lipinski definition) is 3. The molecule has 0 heterocycles. The molecule has 0 saturated carbocycles. The molecule has 0 aliphatic carbocycles. The molecule has 0 spiro atoms. The first-order chi connectivity index (χ1) is 7.54. The minimum absolute atomic E-state index is 0.0471. The number of phenolic OH excluding ortho intramolecular Hbond substituents is 3. The monoisotopic (exact) mass is 224 g/mol. The van der Waals surface area contributed by atoms with Crippen LogP contribution in [0.5, 0.6) is 17.2 Å². The number of aromatic hydroxyl groups is 3. The highest BCUT2D eigenvalue weighted by Gasteiger charge is 2.07. The summed E-state index contributed by atoms with van der Waals surface area (Å²) in [6, 6.07) is 2.12. The maximum Gasteiger partial charge on any atom is 0.330 e. The highest BCUT2D eigenvalue weighted by Crippen LogP contribution is 2.32. The number of rotatable bonds is 3. The first-order valence-corrected chi connectivity index (χ1v) is 4.64. The highest BCUT2D eigenvalue weighted by molar-refractivity contribution is 5.88. The summed E-state index contributed by atoms with van der Waals surface area (Å²) in [4.78, 5) is 11.0. The zero-order valence-electron chi connectivity index (χ0n) is 8.67. The fourth-order valence-corrected chi connectivity index (χ4v) is 1.12. The molecular formula is C11H12O5. The molecule has 5 nitrogen and oxygen atoms in total. The molecule has 1 aromatic carbocycles. The Morgan fingerprint density at radius 2 is 1.88 bits per heavy atom. The third kappa shape index (κ3) is 2.91. The van der Waals surface area contributed by atoms with E-state index in [2.05, 4.69) is 4.74 Å². The summed E-state index contributed by atoms with van der Waals surface area (Å²) in [6.45, 7) is 1.91. The summed E-state index contributed by atoms with van der Waals surface area (Å²) in [7, 11) is 0. The van der Waals surface area contributed by atoms with Gasteiger partial charge in [0.15, 0.2) is 0 Å². The molecule has 0 aliphatic rings. The van der Waals surface area contributed by atoms with E-state index in [-0.39, 0.29) is 29.4 Å². The second-order valence-electron chi connectivity index (χ2n) is 2.98. The van der Waals surface area contributed by atoms with Gasteiger partial charge in [-0.15, -0.1) is 0 Å². The van der Waals surface area contributed by atoms with Crippen molar-refractivity contribution < 1.29 is 24.9 Å². The number of hydrogen-bond acceptors (Lipinski definition) is 5. The lowest BCUT2D eigenvalue weighted by Crippen LogP contribution is -1.98. The van der Waals surface area contributed by atoms with Gasteiger partial charge in [-0.05, 0) is 13.0 Å². The van der Waals surface area contributed by atoms with Gasteiger partial charge in [-0.25, -0.2) is 4.79 Å². The molecule has 86 valence electrons. The quantitative estimate of drug-likeness (QED) is 0.533. The van der Waals surface area contributed by atoms with Crippen LogP contribution in [0.4, 0.5) is 0 Å². The van der Waals surface area contributed by atoms with Gasteiger partial charge in [-0.1, -0.05) is 0 Å². The maximum atomic E-state index is 11.0. The zero-order valence-corrected chi connectivity index (χ0v) is 8.67. The number of benzene rings is 1. The van der Waals surface area contributed by atoms with Gasteiger partial charge in [0.2, 0.25) is 0 Å². The summed E-state index contributed by atoms with van der Waals surface area (Å²) in [5, 5.41) is 27.8. The van der Waals surface area contributed by atoms with Gasteiger partial charge in [0.25, 0.3) is 0 Å². The van der Waals surface area contributed by atoms with Crippen molar-refractivity contribution in [3.63, 3.8) is 0 Å². The Morgan fingerprint density at radius 1 is 1.31 bits per heavy atom. The van der Waals surface area contributed by atoms with E-state index in [1.54, 1.807) is 6.92 Å². The van der Waals surface area contributed by atoms with Gasteiger partial charge in [0.05, 0.1) is 12.2 Å². The van der Waals surface area contributed by atoms with E-state index in [1.807, 2.05) is 0 Å². The molecule has 0 bridgehead atoms. The molecule has 0 aliphatic heterocycles. The molecule has 0 fully saturated rings. The third-order valence-electron chi connectivity index (χ3n) is 1.79. The van der Waals surface area contributed by atoms with Crippen molar-refractivity contribution in [2.24, 2.45) is 0 Å². The topological polar surface area (TPSA) is 87.0 Å². The average molecular weight is 224 g/mol. The van der Waals surface area contributed by atoms with Crippen LogP contribution in [0, 0.1) is 0 Å². The minimum Gasteiger partial charge on any atom is -0.508 e. The van der Waals surface area contributed by atoms with Crippen molar-refractivity contribution in [1.82, 2.24) is 0 Å². The minimum atomic E-state index is -0.575. The van der Waals surface area contributed by atoms with Crippen LogP contribution in [0.3, 0.4) is 0 Å². The van der Waals surface area contributed by atoms with Crippen LogP contribution < -0.4 is 0 Å². The zero-order chi connectivity index (χ0) is 12.1. The predicted octanol–water partition coefficient (Wildman–Crippen LogP) is 1.38. The van der Waals surface area contributed by atoms with Gasteiger partial charge >= 0.3 is 5.97 Å². The fourth-order valence-electron chi connectivity index (χ4n) is 1.12. The van der Waals surface area contributed by atoms with Crippen molar-refractivity contribution in [2.75, 3.05) is 6.61 Å². The Labute approximate surface area is 92.2 Å². The van der Waals surface area contributed by atoms with Gasteiger partial charge < -0.3 is 20.1 Å². The number of ether oxygens (including phenoxy) is 1. The van der Waals surface area contributed by atoms with Crippen LogP contribution in [-0.2, 0) is 9.53 Å². The molecule has 1 rings (SSSR count). The molecule has 0 aromatic heterocycles. The van der Waals surface area contributed by atoms with Crippen molar-refractivity contribution in [2.45, 2.75) is 6.92 Å². The van der Waals surface area contributed by atoms with Crippen molar-refractivity contribution >= 4 is 12.0 Å². The standard InChI is InChI=1S/C11H12O5/c1-2-16-11(15)4-3-8-9(13)5-7(12)6-10(8)14/h3-6,12-14H,2H2,1H3. The SMILES string of the molecule is CCOC(=O)C=Cc1c(O)cc(O)cc1O. The van der Waals surface area contributed by atoms with Gasteiger partial charge in [0, 0.05) is 18.2 Å². The summed E-state index contributed by atoms with van der Waals surface area (Å²) in [6.07, 6.45) is 2.29. The first-order valence-electron chi connectivity index (χ1n) is 4.64. The summed E-state index contributed by atoms with van der Waals surface area (Å²) < 4.78 is 4.63. The molecular weight excluding hydrogens is 212 g/mol. The predicted molar refractivity (Wildman–Crippen MR) is 57.1 cm³/mol. The Morgan fingerprint density at radius 3 is 2.38 bits per heavy atom. The Bertz CT molecular complexity index is 399. The molecule has 0 amide bonds. The Kier molecular flexibility index (Phi) is 3.77. The fraction of sp³-hybridized carbons (Fsp3) is 0.182. The second-order valence-corrected chi connectivity index (χ2v) is 2.98. The van der Waals surface area contributed by atoms with E-state index >= 15 is 0 Å². The smallest absolute Gasteiger partial charge is 0.330 e. The molecule has 0 saturated heterocycles. The Hall–Kier alpha value is -2.17. The molecule has 5 heteroatoms. The average Bonchev–Trinajstić information content (AvgIpc) is 2.16. The highest BCUT2D eigenvalue weighted by atomic mass is 16.5. The van der Waals surface area contributed by atoms with Crippen LogP contribution in [0.2, 0.25) is 0 Å². The summed E-state index contributed by atoms with van der Waals surface area (Å²) >= 11 is 0. The van der Waals surface area contributed by atoms with Crippen molar-refractivity contribution in [1.29, 1.82) is 0 Å². The van der Waals surface area contributed by atoms with E-state index in [9.17, 15) is 15.0 Å². The second kappa shape index (κ2) is 5.06. The lowest BCUT2D eigenvalue weighted by Gasteiger charge is -2.03. The lowest BCUT2D eigenvalue weighted by molar-refractivity contribution is -0.137. The normalized spacial score (nSPS) is 10.6. The molecule has 0 atom stereocenters. The first kappa shape index (κ1) is 11.9. The molecule has 0 radical (unpaired) electrons. The molecule has 16 heavy (non-hydrogen) atoms. The van der Waals surface area contributed by atoms with E-state index < -0.39 is 5.97 Å². The van der Waals surface area contributed by atoms with Crippen molar-refractivity contribution in [3.05, 3.63) is 23.8 Å². The molecule has 3 N–H and O–H groups in total. The van der Waals surface area contributed by atoms with Gasteiger partial charge in [-0.2, -0.15) is 0 Å². The summed E-state index contributed by atoms with van der Waals surface area (Å²) in [5.41, 5.74) is 0.0471. The largest absolute Gasteiger partial charge is 0.508 e.